The molecule has 2 unspecified atom stereocenters. The second-order valence-electron chi connectivity index (χ2n) is 3.30. The van der Waals surface area contributed by atoms with Crippen LogP contribution < -0.4 is 5.32 Å². The van der Waals surface area contributed by atoms with E-state index in [2.05, 4.69) is 42.0 Å². The first-order valence-electron chi connectivity index (χ1n) is 4.50. The molecule has 1 nitrogen and oxygen atoms in total. The van der Waals surface area contributed by atoms with Gasteiger partial charge in [0.2, 0.25) is 0 Å². The van der Waals surface area contributed by atoms with Gasteiger partial charge >= 0.3 is 0 Å². The van der Waals surface area contributed by atoms with Crippen molar-refractivity contribution in [2.24, 2.45) is 5.92 Å². The van der Waals surface area contributed by atoms with Gasteiger partial charge in [-0.3, -0.25) is 0 Å². The van der Waals surface area contributed by atoms with Crippen LogP contribution in [0.15, 0.2) is 0 Å². The van der Waals surface area contributed by atoms with Crippen molar-refractivity contribution in [2.75, 3.05) is 11.9 Å². The van der Waals surface area contributed by atoms with Crippen LogP contribution >= 0.6 is 15.9 Å². The van der Waals surface area contributed by atoms with E-state index < -0.39 is 0 Å². The predicted molar refractivity (Wildman–Crippen MR) is 55.3 cm³/mol. The summed E-state index contributed by atoms with van der Waals surface area (Å²) in [6.07, 6.45) is 2.49. The van der Waals surface area contributed by atoms with E-state index in [0.717, 1.165) is 17.8 Å². The summed E-state index contributed by atoms with van der Waals surface area (Å²) in [5.41, 5.74) is 0. The van der Waals surface area contributed by atoms with Gasteiger partial charge in [-0.1, -0.05) is 36.2 Å². The van der Waals surface area contributed by atoms with Crippen LogP contribution in [-0.2, 0) is 0 Å². The Labute approximate surface area is 79.1 Å². The summed E-state index contributed by atoms with van der Waals surface area (Å²) in [5.74, 6) is 0.813. The maximum Gasteiger partial charge on any atom is 0.00467 e. The Morgan fingerprint density at radius 2 is 2.00 bits per heavy atom. The van der Waals surface area contributed by atoms with E-state index in [0.29, 0.717) is 6.04 Å². The second kappa shape index (κ2) is 7.11. The van der Waals surface area contributed by atoms with Crippen molar-refractivity contribution in [1.82, 2.24) is 5.32 Å². The largest absolute Gasteiger partial charge is 0.314 e. The minimum absolute atomic E-state index is 0.656. The molecule has 0 spiro atoms. The Bertz CT molecular complexity index is 85.6. The van der Waals surface area contributed by atoms with Crippen LogP contribution in [0, 0.1) is 5.92 Å². The SMILES string of the molecule is CCC(C)CNC(C)CCBr. The molecule has 0 aliphatic carbocycles. The first kappa shape index (κ1) is 11.4. The summed E-state index contributed by atoms with van der Waals surface area (Å²) >= 11 is 3.43. The van der Waals surface area contributed by atoms with Gasteiger partial charge in [0, 0.05) is 11.4 Å². The van der Waals surface area contributed by atoms with Gasteiger partial charge in [0.15, 0.2) is 0 Å². The fourth-order valence-corrected chi connectivity index (χ4v) is 1.50. The molecular weight excluding hydrogens is 202 g/mol. The van der Waals surface area contributed by atoms with Gasteiger partial charge in [-0.15, -0.1) is 0 Å². The third-order valence-electron chi connectivity index (χ3n) is 2.05. The Morgan fingerprint density at radius 3 is 2.45 bits per heavy atom. The number of halogens is 1. The second-order valence-corrected chi connectivity index (χ2v) is 4.09. The van der Waals surface area contributed by atoms with Gasteiger partial charge in [-0.25, -0.2) is 0 Å². The van der Waals surface area contributed by atoms with E-state index in [4.69, 9.17) is 0 Å². The zero-order valence-electron chi connectivity index (χ0n) is 7.86. The lowest BCUT2D eigenvalue weighted by atomic mass is 10.1. The molecule has 0 radical (unpaired) electrons. The lowest BCUT2D eigenvalue weighted by molar-refractivity contribution is 0.448. The van der Waals surface area contributed by atoms with Crippen LogP contribution in [0.25, 0.3) is 0 Å². The summed E-state index contributed by atoms with van der Waals surface area (Å²) in [5, 5.41) is 4.60. The van der Waals surface area contributed by atoms with Crippen LogP contribution in [0.5, 0.6) is 0 Å². The molecule has 0 heterocycles. The standard InChI is InChI=1S/C9H20BrN/c1-4-8(2)7-11-9(3)5-6-10/h8-9,11H,4-7H2,1-3H3. The molecule has 0 aromatic carbocycles. The lowest BCUT2D eigenvalue weighted by Crippen LogP contribution is -2.30. The molecule has 0 aliphatic rings. The first-order valence-corrected chi connectivity index (χ1v) is 5.62. The van der Waals surface area contributed by atoms with Crippen LogP contribution in [0.3, 0.4) is 0 Å². The summed E-state index contributed by atoms with van der Waals surface area (Å²) < 4.78 is 0. The van der Waals surface area contributed by atoms with Gasteiger partial charge in [-0.2, -0.15) is 0 Å². The minimum atomic E-state index is 0.656. The van der Waals surface area contributed by atoms with Gasteiger partial charge in [0.1, 0.15) is 0 Å². The molecule has 0 rings (SSSR count). The highest BCUT2D eigenvalue weighted by atomic mass is 79.9. The van der Waals surface area contributed by atoms with E-state index in [1.165, 1.54) is 12.8 Å². The predicted octanol–water partition coefficient (Wildman–Crippen LogP) is 2.80. The topological polar surface area (TPSA) is 12.0 Å². The molecule has 1 N–H and O–H groups in total. The maximum absolute atomic E-state index is 3.50. The molecule has 0 bridgehead atoms. The zero-order chi connectivity index (χ0) is 8.69. The summed E-state index contributed by atoms with van der Waals surface area (Å²) in [4.78, 5) is 0. The Hall–Kier alpha value is 0.440. The van der Waals surface area contributed by atoms with Crippen molar-refractivity contribution < 1.29 is 0 Å². The van der Waals surface area contributed by atoms with E-state index in [1.807, 2.05) is 0 Å². The van der Waals surface area contributed by atoms with Gasteiger partial charge in [0.05, 0.1) is 0 Å². The van der Waals surface area contributed by atoms with Crippen LogP contribution in [0.1, 0.15) is 33.6 Å². The molecule has 0 aromatic heterocycles. The molecule has 0 saturated heterocycles. The van der Waals surface area contributed by atoms with Crippen molar-refractivity contribution in [2.45, 2.75) is 39.7 Å². The first-order chi connectivity index (χ1) is 5.20. The highest BCUT2D eigenvalue weighted by Gasteiger charge is 2.02. The third kappa shape index (κ3) is 6.82. The number of rotatable bonds is 6. The Morgan fingerprint density at radius 1 is 1.36 bits per heavy atom. The quantitative estimate of drug-likeness (QED) is 0.681. The van der Waals surface area contributed by atoms with E-state index >= 15 is 0 Å². The maximum atomic E-state index is 3.50. The third-order valence-corrected chi connectivity index (χ3v) is 2.51. The Balaban J connectivity index is 3.22. The summed E-state index contributed by atoms with van der Waals surface area (Å²) in [6.45, 7) is 7.92. The molecule has 0 amide bonds. The highest BCUT2D eigenvalue weighted by molar-refractivity contribution is 9.09. The molecule has 0 aromatic rings. The van der Waals surface area contributed by atoms with E-state index in [-0.39, 0.29) is 0 Å². The van der Waals surface area contributed by atoms with Crippen molar-refractivity contribution in [3.05, 3.63) is 0 Å². The molecule has 0 fully saturated rings. The molecule has 0 saturated carbocycles. The van der Waals surface area contributed by atoms with E-state index in [9.17, 15) is 0 Å². The van der Waals surface area contributed by atoms with Gasteiger partial charge < -0.3 is 5.32 Å². The van der Waals surface area contributed by atoms with Gasteiger partial charge in [0.25, 0.3) is 0 Å². The average molecular weight is 222 g/mol. The normalized spacial score (nSPS) is 16.4. The number of alkyl halides is 1. The smallest absolute Gasteiger partial charge is 0.00467 e. The summed E-state index contributed by atoms with van der Waals surface area (Å²) in [7, 11) is 0. The zero-order valence-corrected chi connectivity index (χ0v) is 9.45. The Kier molecular flexibility index (Phi) is 7.39. The fourth-order valence-electron chi connectivity index (χ4n) is 0.812. The van der Waals surface area contributed by atoms with Crippen LogP contribution in [0.4, 0.5) is 0 Å². The van der Waals surface area contributed by atoms with Gasteiger partial charge in [-0.05, 0) is 25.8 Å². The molecule has 11 heavy (non-hydrogen) atoms. The van der Waals surface area contributed by atoms with Crippen LogP contribution in [0.2, 0.25) is 0 Å². The summed E-state index contributed by atoms with van der Waals surface area (Å²) in [6, 6.07) is 0.656. The van der Waals surface area contributed by atoms with Crippen LogP contribution in [-0.4, -0.2) is 17.9 Å². The van der Waals surface area contributed by atoms with Crippen molar-refractivity contribution in [3.63, 3.8) is 0 Å². The molecule has 68 valence electrons. The molecule has 2 heteroatoms. The minimum Gasteiger partial charge on any atom is -0.314 e. The average Bonchev–Trinajstić information content (AvgIpc) is 2.01. The number of hydrogen-bond acceptors (Lipinski definition) is 1. The molecular formula is C9H20BrN. The molecule has 2 atom stereocenters. The lowest BCUT2D eigenvalue weighted by Gasteiger charge is -2.15. The fraction of sp³-hybridized carbons (Fsp3) is 1.00. The van der Waals surface area contributed by atoms with Crippen molar-refractivity contribution in [1.29, 1.82) is 0 Å². The van der Waals surface area contributed by atoms with Crippen molar-refractivity contribution in [3.8, 4) is 0 Å². The van der Waals surface area contributed by atoms with Crippen molar-refractivity contribution >= 4 is 15.9 Å². The number of nitrogens with one attached hydrogen (secondary N) is 1. The number of hydrogen-bond donors (Lipinski definition) is 1. The highest BCUT2D eigenvalue weighted by Crippen LogP contribution is 2.00. The van der Waals surface area contributed by atoms with E-state index in [1.54, 1.807) is 0 Å². The monoisotopic (exact) mass is 221 g/mol. The molecule has 0 aliphatic heterocycles.